The molecule has 0 aliphatic carbocycles. The Hall–Kier alpha value is -0.740. The van der Waals surface area contributed by atoms with Crippen molar-refractivity contribution in [1.82, 2.24) is 0 Å². The second kappa shape index (κ2) is 10.3. The van der Waals surface area contributed by atoms with Gasteiger partial charge in [0, 0.05) is 6.42 Å². The van der Waals surface area contributed by atoms with Gasteiger partial charge >= 0.3 is 0 Å². The molecule has 0 N–H and O–H groups in total. The summed E-state index contributed by atoms with van der Waals surface area (Å²) in [6.07, 6.45) is 6.49. The molecule has 0 aliphatic rings. The highest BCUT2D eigenvalue weighted by Gasteiger charge is 1.80. The van der Waals surface area contributed by atoms with Crippen molar-refractivity contribution in [1.29, 1.82) is 0 Å². The van der Waals surface area contributed by atoms with Crippen molar-refractivity contribution < 1.29 is 4.74 Å². The Morgan fingerprint density at radius 1 is 1.33 bits per heavy atom. The number of unbranched alkanes of at least 4 members (excludes halogenated alkanes) is 3. The van der Waals surface area contributed by atoms with Crippen molar-refractivity contribution in [3.05, 3.63) is 12.7 Å². The first-order valence-electron chi connectivity index (χ1n) is 4.56. The number of hydrogen-bond acceptors (Lipinski definition) is 1. The summed E-state index contributed by atoms with van der Waals surface area (Å²) in [5.41, 5.74) is 0. The third-order valence-electron chi connectivity index (χ3n) is 1.44. The van der Waals surface area contributed by atoms with Gasteiger partial charge in [0.15, 0.2) is 0 Å². The lowest BCUT2D eigenvalue weighted by atomic mass is 10.2. The molecule has 1 heteroatoms. The van der Waals surface area contributed by atoms with E-state index in [1.807, 2.05) is 0 Å². The Bertz CT molecular complexity index is 150. The predicted molar refractivity (Wildman–Crippen MR) is 52.9 cm³/mol. The molecule has 68 valence electrons. The smallest absolute Gasteiger partial charge is 0.108 e. The van der Waals surface area contributed by atoms with Crippen molar-refractivity contribution in [2.24, 2.45) is 0 Å². The SMILES string of the molecule is C=CCOCC#CCCCCC. The summed E-state index contributed by atoms with van der Waals surface area (Å²) in [6, 6.07) is 0. The standard InChI is InChI=1S/C11H18O/c1-3-5-6-7-8-9-11-12-10-4-2/h4H,2-3,5-7,10-11H2,1H3. The first kappa shape index (κ1) is 11.3. The van der Waals surface area contributed by atoms with Gasteiger partial charge in [0.05, 0.1) is 6.61 Å². The zero-order chi connectivity index (χ0) is 9.07. The molecule has 0 fully saturated rings. The van der Waals surface area contributed by atoms with Crippen molar-refractivity contribution in [2.75, 3.05) is 13.2 Å². The molecular formula is C11H18O. The van der Waals surface area contributed by atoms with Gasteiger partial charge in [-0.15, -0.1) is 12.5 Å². The molecule has 0 aliphatic heterocycles. The van der Waals surface area contributed by atoms with E-state index in [2.05, 4.69) is 25.3 Å². The second-order valence-electron chi connectivity index (χ2n) is 2.61. The molecule has 12 heavy (non-hydrogen) atoms. The van der Waals surface area contributed by atoms with Gasteiger partial charge in [-0.2, -0.15) is 0 Å². The lowest BCUT2D eigenvalue weighted by Crippen LogP contribution is -1.89. The minimum atomic E-state index is 0.540. The van der Waals surface area contributed by atoms with Crippen LogP contribution in [0, 0.1) is 11.8 Å². The van der Waals surface area contributed by atoms with Crippen molar-refractivity contribution in [3.8, 4) is 11.8 Å². The van der Waals surface area contributed by atoms with E-state index in [0.29, 0.717) is 13.2 Å². The molecule has 1 nitrogen and oxygen atoms in total. The zero-order valence-corrected chi connectivity index (χ0v) is 7.94. The Labute approximate surface area is 75.8 Å². The van der Waals surface area contributed by atoms with E-state index in [4.69, 9.17) is 4.74 Å². The third-order valence-corrected chi connectivity index (χ3v) is 1.44. The van der Waals surface area contributed by atoms with Gasteiger partial charge in [0.2, 0.25) is 0 Å². The fourth-order valence-electron chi connectivity index (χ4n) is 0.796. The fourth-order valence-corrected chi connectivity index (χ4v) is 0.796. The minimum absolute atomic E-state index is 0.540. The van der Waals surface area contributed by atoms with Gasteiger partial charge in [0.25, 0.3) is 0 Å². The van der Waals surface area contributed by atoms with Crippen molar-refractivity contribution >= 4 is 0 Å². The topological polar surface area (TPSA) is 9.23 Å². The second-order valence-corrected chi connectivity index (χ2v) is 2.61. The van der Waals surface area contributed by atoms with Crippen LogP contribution < -0.4 is 0 Å². The first-order chi connectivity index (χ1) is 5.91. The van der Waals surface area contributed by atoms with E-state index >= 15 is 0 Å². The average molecular weight is 166 g/mol. The van der Waals surface area contributed by atoms with E-state index in [1.54, 1.807) is 6.08 Å². The highest BCUT2D eigenvalue weighted by atomic mass is 16.5. The molecule has 0 aromatic rings. The molecule has 0 unspecified atom stereocenters. The molecule has 0 atom stereocenters. The molecule has 0 rings (SSSR count). The Morgan fingerprint density at radius 2 is 2.17 bits per heavy atom. The van der Waals surface area contributed by atoms with E-state index in [1.165, 1.54) is 19.3 Å². The summed E-state index contributed by atoms with van der Waals surface area (Å²) in [5.74, 6) is 6.03. The van der Waals surface area contributed by atoms with Crippen LogP contribution in [0.15, 0.2) is 12.7 Å². The van der Waals surface area contributed by atoms with Gasteiger partial charge in [0.1, 0.15) is 6.61 Å². The van der Waals surface area contributed by atoms with Gasteiger partial charge in [-0.3, -0.25) is 0 Å². The molecule has 0 saturated heterocycles. The predicted octanol–water partition coefficient (Wildman–Crippen LogP) is 2.77. The van der Waals surface area contributed by atoms with Crippen LogP contribution in [0.25, 0.3) is 0 Å². The van der Waals surface area contributed by atoms with Crippen LogP contribution in [0.2, 0.25) is 0 Å². The van der Waals surface area contributed by atoms with Crippen LogP contribution in [0.4, 0.5) is 0 Å². The summed E-state index contributed by atoms with van der Waals surface area (Å²) < 4.78 is 5.10. The van der Waals surface area contributed by atoms with E-state index < -0.39 is 0 Å². The number of hydrogen-bond donors (Lipinski definition) is 0. The highest BCUT2D eigenvalue weighted by Crippen LogP contribution is 1.96. The fraction of sp³-hybridized carbons (Fsp3) is 0.636. The number of ether oxygens (including phenoxy) is 1. The normalized spacial score (nSPS) is 8.75. The lowest BCUT2D eigenvalue weighted by molar-refractivity contribution is 0.199. The largest absolute Gasteiger partial charge is 0.365 e. The quantitative estimate of drug-likeness (QED) is 0.335. The van der Waals surface area contributed by atoms with E-state index in [-0.39, 0.29) is 0 Å². The lowest BCUT2D eigenvalue weighted by Gasteiger charge is -1.91. The molecule has 0 heterocycles. The van der Waals surface area contributed by atoms with Crippen LogP contribution in [-0.2, 0) is 4.74 Å². The molecule has 0 bridgehead atoms. The molecule has 0 aromatic carbocycles. The van der Waals surface area contributed by atoms with Crippen LogP contribution >= 0.6 is 0 Å². The number of rotatable bonds is 6. The highest BCUT2D eigenvalue weighted by molar-refractivity contribution is 4.98. The molecule has 0 aromatic heterocycles. The average Bonchev–Trinajstić information content (AvgIpc) is 2.10. The maximum Gasteiger partial charge on any atom is 0.108 e. The summed E-state index contributed by atoms with van der Waals surface area (Å²) in [6.45, 7) is 6.88. The maximum absolute atomic E-state index is 5.10. The molecule has 0 radical (unpaired) electrons. The Morgan fingerprint density at radius 3 is 2.83 bits per heavy atom. The van der Waals surface area contributed by atoms with Gasteiger partial charge < -0.3 is 4.74 Å². The van der Waals surface area contributed by atoms with E-state index in [9.17, 15) is 0 Å². The van der Waals surface area contributed by atoms with Crippen LogP contribution in [-0.4, -0.2) is 13.2 Å². The molecular weight excluding hydrogens is 148 g/mol. The van der Waals surface area contributed by atoms with Gasteiger partial charge in [-0.1, -0.05) is 31.8 Å². The minimum Gasteiger partial charge on any atom is -0.365 e. The van der Waals surface area contributed by atoms with Crippen LogP contribution in [0.1, 0.15) is 32.6 Å². The van der Waals surface area contributed by atoms with Crippen molar-refractivity contribution in [3.63, 3.8) is 0 Å². The van der Waals surface area contributed by atoms with Crippen molar-refractivity contribution in [2.45, 2.75) is 32.6 Å². The summed E-state index contributed by atoms with van der Waals surface area (Å²) in [4.78, 5) is 0. The van der Waals surface area contributed by atoms with Crippen LogP contribution in [0.5, 0.6) is 0 Å². The zero-order valence-electron chi connectivity index (χ0n) is 7.94. The van der Waals surface area contributed by atoms with E-state index in [0.717, 1.165) is 6.42 Å². The monoisotopic (exact) mass is 166 g/mol. The van der Waals surface area contributed by atoms with Gasteiger partial charge in [-0.05, 0) is 6.42 Å². The molecule has 0 spiro atoms. The third kappa shape index (κ3) is 9.26. The van der Waals surface area contributed by atoms with Crippen LogP contribution in [0.3, 0.4) is 0 Å². The Kier molecular flexibility index (Phi) is 9.63. The van der Waals surface area contributed by atoms with Gasteiger partial charge in [-0.25, -0.2) is 0 Å². The first-order valence-corrected chi connectivity index (χ1v) is 4.56. The molecule has 0 saturated carbocycles. The summed E-state index contributed by atoms with van der Waals surface area (Å²) in [7, 11) is 0. The summed E-state index contributed by atoms with van der Waals surface area (Å²) in [5, 5.41) is 0. The maximum atomic E-state index is 5.10. The molecule has 0 amide bonds. The summed E-state index contributed by atoms with van der Waals surface area (Å²) >= 11 is 0. The Balaban J connectivity index is 3.06.